The van der Waals surface area contributed by atoms with Crippen LogP contribution in [0.3, 0.4) is 0 Å². The first kappa shape index (κ1) is 14.1. The summed E-state index contributed by atoms with van der Waals surface area (Å²) >= 11 is 0. The van der Waals surface area contributed by atoms with Gasteiger partial charge in [0.25, 0.3) is 0 Å². The van der Waals surface area contributed by atoms with E-state index >= 15 is 0 Å². The van der Waals surface area contributed by atoms with Crippen molar-refractivity contribution in [3.63, 3.8) is 0 Å². The third kappa shape index (κ3) is 2.98. The number of carbonyl (C=O) groups excluding carboxylic acids is 1. The van der Waals surface area contributed by atoms with Crippen LogP contribution in [0.2, 0.25) is 0 Å². The Morgan fingerprint density at radius 2 is 1.89 bits per heavy atom. The van der Waals surface area contributed by atoms with E-state index < -0.39 is 0 Å². The Balaban J connectivity index is 1.95. The average Bonchev–Trinajstić information content (AvgIpc) is 2.37. The number of ketones is 1. The number of rotatable bonds is 6. The van der Waals surface area contributed by atoms with Crippen LogP contribution in [0.5, 0.6) is 0 Å². The highest BCUT2D eigenvalue weighted by Crippen LogP contribution is 2.36. The van der Waals surface area contributed by atoms with Crippen molar-refractivity contribution >= 4 is 11.5 Å². The van der Waals surface area contributed by atoms with Gasteiger partial charge in [0.2, 0.25) is 0 Å². The smallest absolute Gasteiger partial charge is 0.162 e. The number of hydrogen-bond donors (Lipinski definition) is 1. The second-order valence-electron chi connectivity index (χ2n) is 5.68. The van der Waals surface area contributed by atoms with Crippen LogP contribution in [0, 0.1) is 0 Å². The monoisotopic (exact) mass is 260 g/mol. The van der Waals surface area contributed by atoms with Crippen LogP contribution >= 0.6 is 0 Å². The molecular formula is C16H24N2O. The average molecular weight is 260 g/mol. The highest BCUT2D eigenvalue weighted by molar-refractivity contribution is 5.96. The van der Waals surface area contributed by atoms with Crippen LogP contribution in [0.25, 0.3) is 0 Å². The molecule has 1 aliphatic carbocycles. The molecule has 104 valence electrons. The summed E-state index contributed by atoms with van der Waals surface area (Å²) in [6, 6.07) is 7.84. The fourth-order valence-electron chi connectivity index (χ4n) is 2.61. The van der Waals surface area contributed by atoms with Crippen LogP contribution in [0.15, 0.2) is 24.3 Å². The maximum atomic E-state index is 11.6. The van der Waals surface area contributed by atoms with Gasteiger partial charge in [0, 0.05) is 29.8 Å². The maximum Gasteiger partial charge on any atom is 0.162 e. The lowest BCUT2D eigenvalue weighted by molar-refractivity contribution is 0.0739. The second kappa shape index (κ2) is 5.74. The van der Waals surface area contributed by atoms with Crippen molar-refractivity contribution in [1.29, 1.82) is 0 Å². The van der Waals surface area contributed by atoms with E-state index in [-0.39, 0.29) is 5.78 Å². The molecular weight excluding hydrogens is 236 g/mol. The number of Topliss-reactive ketones (excluding diaryl/α,β-unsaturated/α-hetero) is 1. The van der Waals surface area contributed by atoms with Gasteiger partial charge in [0.05, 0.1) is 0 Å². The summed E-state index contributed by atoms with van der Waals surface area (Å²) in [6.07, 6.45) is 4.42. The molecule has 0 amide bonds. The summed E-state index contributed by atoms with van der Waals surface area (Å²) in [7, 11) is 4.31. The SMILES string of the molecule is CCC(=O)c1ccc(NCC2(N(C)C)CCC2)cc1. The van der Waals surface area contributed by atoms with Gasteiger partial charge in [-0.3, -0.25) is 4.79 Å². The lowest BCUT2D eigenvalue weighted by Gasteiger charge is -2.47. The van der Waals surface area contributed by atoms with Gasteiger partial charge >= 0.3 is 0 Å². The van der Waals surface area contributed by atoms with E-state index in [1.807, 2.05) is 31.2 Å². The predicted molar refractivity (Wildman–Crippen MR) is 79.8 cm³/mol. The summed E-state index contributed by atoms with van der Waals surface area (Å²) in [6.45, 7) is 2.87. The summed E-state index contributed by atoms with van der Waals surface area (Å²) in [5.41, 5.74) is 2.22. The number of nitrogens with one attached hydrogen (secondary N) is 1. The molecule has 0 radical (unpaired) electrons. The van der Waals surface area contributed by atoms with Gasteiger partial charge in [0.15, 0.2) is 5.78 Å². The van der Waals surface area contributed by atoms with Gasteiger partial charge in [0.1, 0.15) is 0 Å². The van der Waals surface area contributed by atoms with Crippen molar-refractivity contribution in [3.05, 3.63) is 29.8 Å². The van der Waals surface area contributed by atoms with E-state index in [4.69, 9.17) is 0 Å². The van der Waals surface area contributed by atoms with Crippen molar-refractivity contribution in [1.82, 2.24) is 4.90 Å². The molecule has 0 heterocycles. The fraction of sp³-hybridized carbons (Fsp3) is 0.562. The first-order valence-corrected chi connectivity index (χ1v) is 7.12. The van der Waals surface area contributed by atoms with Crippen LogP contribution in [0.1, 0.15) is 43.0 Å². The predicted octanol–water partition coefficient (Wildman–Crippen LogP) is 3.18. The third-order valence-electron chi connectivity index (χ3n) is 4.38. The molecule has 1 fully saturated rings. The minimum atomic E-state index is 0.204. The molecule has 1 aliphatic rings. The highest BCUT2D eigenvalue weighted by Gasteiger charge is 2.38. The normalized spacial score (nSPS) is 17.1. The molecule has 1 aromatic rings. The Hall–Kier alpha value is -1.35. The topological polar surface area (TPSA) is 32.3 Å². The fourth-order valence-corrected chi connectivity index (χ4v) is 2.61. The van der Waals surface area contributed by atoms with Crippen LogP contribution in [-0.4, -0.2) is 36.9 Å². The first-order chi connectivity index (χ1) is 9.07. The molecule has 1 N–H and O–H groups in total. The lowest BCUT2D eigenvalue weighted by Crippen LogP contribution is -2.54. The quantitative estimate of drug-likeness (QED) is 0.797. The van der Waals surface area contributed by atoms with Crippen molar-refractivity contribution in [2.45, 2.75) is 38.1 Å². The molecule has 0 spiro atoms. The van der Waals surface area contributed by atoms with Crippen LogP contribution in [-0.2, 0) is 0 Å². The summed E-state index contributed by atoms with van der Waals surface area (Å²) in [4.78, 5) is 13.9. The molecule has 0 aromatic heterocycles. The van der Waals surface area contributed by atoms with Gasteiger partial charge in [-0.25, -0.2) is 0 Å². The van der Waals surface area contributed by atoms with E-state index in [1.54, 1.807) is 0 Å². The molecule has 1 saturated carbocycles. The van der Waals surface area contributed by atoms with E-state index in [0.717, 1.165) is 17.8 Å². The van der Waals surface area contributed by atoms with E-state index in [0.29, 0.717) is 12.0 Å². The van der Waals surface area contributed by atoms with Crippen molar-refractivity contribution < 1.29 is 4.79 Å². The van der Waals surface area contributed by atoms with Crippen molar-refractivity contribution in [2.75, 3.05) is 26.0 Å². The number of likely N-dealkylation sites (N-methyl/N-ethyl adjacent to an activating group) is 1. The number of anilines is 1. The Morgan fingerprint density at radius 3 is 2.32 bits per heavy atom. The van der Waals surface area contributed by atoms with Crippen LogP contribution in [0.4, 0.5) is 5.69 Å². The highest BCUT2D eigenvalue weighted by atomic mass is 16.1. The van der Waals surface area contributed by atoms with Gasteiger partial charge in [-0.1, -0.05) is 6.92 Å². The largest absolute Gasteiger partial charge is 0.383 e. The zero-order valence-electron chi connectivity index (χ0n) is 12.2. The van der Waals surface area contributed by atoms with Gasteiger partial charge in [-0.2, -0.15) is 0 Å². The minimum Gasteiger partial charge on any atom is -0.383 e. The van der Waals surface area contributed by atoms with Crippen molar-refractivity contribution in [3.8, 4) is 0 Å². The molecule has 3 heteroatoms. The van der Waals surface area contributed by atoms with Crippen molar-refractivity contribution in [2.24, 2.45) is 0 Å². The Labute approximate surface area is 116 Å². The molecule has 3 nitrogen and oxygen atoms in total. The van der Waals surface area contributed by atoms with Gasteiger partial charge in [-0.15, -0.1) is 0 Å². The number of benzene rings is 1. The third-order valence-corrected chi connectivity index (χ3v) is 4.38. The Kier molecular flexibility index (Phi) is 4.25. The molecule has 0 aliphatic heterocycles. The Morgan fingerprint density at radius 1 is 1.26 bits per heavy atom. The first-order valence-electron chi connectivity index (χ1n) is 7.12. The van der Waals surface area contributed by atoms with Gasteiger partial charge in [-0.05, 0) is 57.6 Å². The molecule has 0 atom stereocenters. The number of hydrogen-bond acceptors (Lipinski definition) is 3. The number of carbonyl (C=O) groups is 1. The van der Waals surface area contributed by atoms with Crippen LogP contribution < -0.4 is 5.32 Å². The zero-order valence-corrected chi connectivity index (χ0v) is 12.2. The number of nitrogens with zero attached hydrogens (tertiary/aromatic N) is 1. The summed E-state index contributed by atoms with van der Waals surface area (Å²) < 4.78 is 0. The Bertz CT molecular complexity index is 433. The molecule has 2 rings (SSSR count). The lowest BCUT2D eigenvalue weighted by atomic mass is 9.75. The van der Waals surface area contributed by atoms with E-state index in [1.165, 1.54) is 19.3 Å². The maximum absolute atomic E-state index is 11.6. The zero-order chi connectivity index (χ0) is 13.9. The summed E-state index contributed by atoms with van der Waals surface area (Å²) in [5, 5.41) is 3.50. The minimum absolute atomic E-state index is 0.204. The second-order valence-corrected chi connectivity index (χ2v) is 5.68. The standard InChI is InChI=1S/C16H24N2O/c1-4-15(19)13-6-8-14(9-7-13)17-12-16(18(2)3)10-5-11-16/h6-9,17H,4-5,10-12H2,1-3H3. The molecule has 0 saturated heterocycles. The van der Waals surface area contributed by atoms with Gasteiger partial charge < -0.3 is 10.2 Å². The van der Waals surface area contributed by atoms with E-state index in [9.17, 15) is 4.79 Å². The summed E-state index contributed by atoms with van der Waals surface area (Å²) in [5.74, 6) is 0.204. The molecule has 1 aromatic carbocycles. The molecule has 0 bridgehead atoms. The molecule has 19 heavy (non-hydrogen) atoms. The van der Waals surface area contributed by atoms with E-state index in [2.05, 4.69) is 24.3 Å². The molecule has 0 unspecified atom stereocenters.